The van der Waals surface area contributed by atoms with Gasteiger partial charge in [0.2, 0.25) is 0 Å². The molecule has 0 aromatic heterocycles. The van der Waals surface area contributed by atoms with E-state index in [1.807, 2.05) is 0 Å². The van der Waals surface area contributed by atoms with E-state index in [-0.39, 0.29) is 48.7 Å². The first kappa shape index (κ1) is 25.9. The molecular formula is C22H42O6Tl. The minimum atomic E-state index is -0.000000000000000111. The zero-order valence-corrected chi connectivity index (χ0v) is 23.1. The SMILES string of the molecule is C1CCC2OCCOCCOC3CCCCC3OCCOCCOC2C1.[CH3][Tl][CH3]. The van der Waals surface area contributed by atoms with Crippen LogP contribution in [-0.2, 0) is 28.4 Å². The Kier molecular flexibility index (Phi) is 15.4. The topological polar surface area (TPSA) is 55.4 Å². The molecule has 3 rings (SSSR count). The Morgan fingerprint density at radius 1 is 0.448 bits per heavy atom. The molecule has 0 amide bonds. The summed E-state index contributed by atoms with van der Waals surface area (Å²) in [6, 6.07) is 0. The second-order valence-electron chi connectivity index (χ2n) is 8.01. The molecule has 2 aliphatic carbocycles. The summed E-state index contributed by atoms with van der Waals surface area (Å²) in [5, 5.41) is 0. The Morgan fingerprint density at radius 2 is 0.690 bits per heavy atom. The monoisotopic (exact) mass is 607 g/mol. The van der Waals surface area contributed by atoms with Crippen LogP contribution in [0.15, 0.2) is 0 Å². The molecule has 0 spiro atoms. The number of rotatable bonds is 0. The average Bonchev–Trinajstić information content (AvgIpc) is 2.74. The predicted octanol–water partition coefficient (Wildman–Crippen LogP) is 3.51. The Morgan fingerprint density at radius 3 is 0.931 bits per heavy atom. The van der Waals surface area contributed by atoms with Crippen LogP contribution in [0, 0.1) is 0 Å². The summed E-state index contributed by atoms with van der Waals surface area (Å²) < 4.78 is 40.1. The van der Waals surface area contributed by atoms with Gasteiger partial charge in [0.05, 0.1) is 77.3 Å². The van der Waals surface area contributed by atoms with Crippen molar-refractivity contribution in [1.29, 1.82) is 0 Å². The molecule has 6 nitrogen and oxygen atoms in total. The van der Waals surface area contributed by atoms with Crippen molar-refractivity contribution in [2.45, 2.75) is 84.7 Å². The quantitative estimate of drug-likeness (QED) is 0.394. The molecule has 3 fully saturated rings. The predicted molar refractivity (Wildman–Crippen MR) is 115 cm³/mol. The van der Waals surface area contributed by atoms with Crippen LogP contribution in [0.5, 0.6) is 0 Å². The molecule has 0 N–H and O–H groups in total. The van der Waals surface area contributed by atoms with Gasteiger partial charge >= 0.3 is 33.2 Å². The van der Waals surface area contributed by atoms with E-state index >= 15 is 0 Å². The molecule has 0 aromatic carbocycles. The van der Waals surface area contributed by atoms with Crippen molar-refractivity contribution in [2.24, 2.45) is 0 Å². The number of ether oxygens (including phenoxy) is 6. The molecule has 0 radical (unpaired) electrons. The Labute approximate surface area is 189 Å². The van der Waals surface area contributed by atoms with Crippen LogP contribution in [0.25, 0.3) is 0 Å². The third kappa shape index (κ3) is 11.2. The summed E-state index contributed by atoms with van der Waals surface area (Å²) >= 11 is -0.000000000000000111. The number of fused-ring (bicyclic) bond motifs is 2. The van der Waals surface area contributed by atoms with E-state index in [0.717, 1.165) is 25.7 Å². The molecular weight excluding hydrogens is 565 g/mol. The van der Waals surface area contributed by atoms with E-state index in [9.17, 15) is 0 Å². The van der Waals surface area contributed by atoms with Crippen molar-refractivity contribution in [1.82, 2.24) is 0 Å². The van der Waals surface area contributed by atoms with Gasteiger partial charge in [-0.3, -0.25) is 0 Å². The van der Waals surface area contributed by atoms with Gasteiger partial charge < -0.3 is 28.4 Å². The van der Waals surface area contributed by atoms with Gasteiger partial charge in [-0.1, -0.05) is 25.7 Å². The first-order valence-electron chi connectivity index (χ1n) is 11.7. The summed E-state index contributed by atoms with van der Waals surface area (Å²) in [7, 11) is 0. The van der Waals surface area contributed by atoms with Crippen LogP contribution in [0.1, 0.15) is 51.4 Å². The maximum absolute atomic E-state index is 6.03. The van der Waals surface area contributed by atoms with E-state index in [0.29, 0.717) is 52.9 Å². The molecule has 1 saturated heterocycles. The fourth-order valence-corrected chi connectivity index (χ4v) is 4.13. The van der Waals surface area contributed by atoms with Crippen molar-refractivity contribution in [3.63, 3.8) is 0 Å². The summed E-state index contributed by atoms with van der Waals surface area (Å²) in [6.45, 7) is 4.93. The van der Waals surface area contributed by atoms with Crippen molar-refractivity contribution >= 4 is 24.2 Å². The number of hydrogen-bond donors (Lipinski definition) is 0. The molecule has 169 valence electrons. The zero-order chi connectivity index (χ0) is 20.6. The molecule has 4 atom stereocenters. The standard InChI is InChI=1S/C20H36O6.2CH3.Tl/c1-2-6-18-17(5-1)23-13-9-21-11-15-25-19-7-3-4-8-20(19)26-16-12-22-10-14-24-18;;;/h17-20H,1-16H2;2*1H3;. The molecule has 1 heterocycles. The normalized spacial score (nSPS) is 33.4. The van der Waals surface area contributed by atoms with Crippen molar-refractivity contribution in [3.8, 4) is 0 Å². The molecule has 7 heteroatoms. The Balaban J connectivity index is 0.000000941. The van der Waals surface area contributed by atoms with Gasteiger partial charge in [-0.15, -0.1) is 0 Å². The van der Waals surface area contributed by atoms with Gasteiger partial charge in [0.15, 0.2) is 0 Å². The Bertz CT molecular complexity index is 320. The van der Waals surface area contributed by atoms with Gasteiger partial charge in [0.25, 0.3) is 0 Å². The maximum atomic E-state index is 6.03. The van der Waals surface area contributed by atoms with Gasteiger partial charge in [-0.2, -0.15) is 0 Å². The number of hydrogen-bond acceptors (Lipinski definition) is 6. The second-order valence-corrected chi connectivity index (χ2v) is 12.5. The van der Waals surface area contributed by atoms with Crippen LogP contribution < -0.4 is 0 Å². The summed E-state index contributed by atoms with van der Waals surface area (Å²) in [4.78, 5) is 0. The minimum absolute atomic E-state index is 0.000000000000000111. The van der Waals surface area contributed by atoms with Crippen LogP contribution in [0.3, 0.4) is 0 Å². The summed E-state index contributed by atoms with van der Waals surface area (Å²) in [6.07, 6.45) is 9.93. The van der Waals surface area contributed by atoms with E-state index < -0.39 is 0 Å². The summed E-state index contributed by atoms with van der Waals surface area (Å²) in [5.74, 6) is 0. The molecule has 2 saturated carbocycles. The fraction of sp³-hybridized carbons (Fsp3) is 1.00. The van der Waals surface area contributed by atoms with E-state index in [1.54, 1.807) is 0 Å². The van der Waals surface area contributed by atoms with E-state index in [2.05, 4.69) is 8.97 Å². The second kappa shape index (κ2) is 17.3. The molecule has 3 aliphatic rings. The summed E-state index contributed by atoms with van der Waals surface area (Å²) in [5.41, 5.74) is 0. The van der Waals surface area contributed by atoms with Gasteiger partial charge in [0, 0.05) is 0 Å². The third-order valence-electron chi connectivity index (χ3n) is 5.52. The van der Waals surface area contributed by atoms with E-state index in [1.165, 1.54) is 25.7 Å². The van der Waals surface area contributed by atoms with Gasteiger partial charge in [-0.25, -0.2) is 0 Å². The molecule has 0 aromatic rings. The third-order valence-corrected chi connectivity index (χ3v) is 5.52. The first-order chi connectivity index (χ1) is 14.3. The van der Waals surface area contributed by atoms with Crippen LogP contribution >= 0.6 is 0 Å². The molecule has 4 unspecified atom stereocenters. The van der Waals surface area contributed by atoms with Crippen LogP contribution in [-0.4, -0.2) is 102 Å². The van der Waals surface area contributed by atoms with Crippen molar-refractivity contribution < 1.29 is 28.4 Å². The Hall–Kier alpha value is 0.682. The molecule has 0 bridgehead atoms. The van der Waals surface area contributed by atoms with E-state index in [4.69, 9.17) is 28.4 Å². The van der Waals surface area contributed by atoms with Crippen molar-refractivity contribution in [3.05, 3.63) is 0 Å². The van der Waals surface area contributed by atoms with Gasteiger partial charge in [0.1, 0.15) is 0 Å². The molecule has 1 aliphatic heterocycles. The van der Waals surface area contributed by atoms with Crippen molar-refractivity contribution in [2.75, 3.05) is 52.9 Å². The average molecular weight is 607 g/mol. The van der Waals surface area contributed by atoms with Gasteiger partial charge in [-0.05, 0) is 25.7 Å². The fourth-order valence-electron chi connectivity index (χ4n) is 4.13. The molecule has 29 heavy (non-hydrogen) atoms. The van der Waals surface area contributed by atoms with Crippen LogP contribution in [0.4, 0.5) is 0 Å². The first-order valence-corrected chi connectivity index (χ1v) is 20.7. The van der Waals surface area contributed by atoms with Crippen LogP contribution in [0.2, 0.25) is 8.97 Å². The zero-order valence-electron chi connectivity index (χ0n) is 18.6.